The second-order valence-corrected chi connectivity index (χ2v) is 9.05. The largest absolute Gasteiger partial charge is 0.495 e. The molecule has 9 nitrogen and oxygen atoms in total. The van der Waals surface area contributed by atoms with Crippen LogP contribution in [0.3, 0.4) is 0 Å². The van der Waals surface area contributed by atoms with Crippen molar-refractivity contribution in [1.29, 1.82) is 0 Å². The molecule has 1 aliphatic rings. The average molecular weight is 542 g/mol. The van der Waals surface area contributed by atoms with E-state index >= 15 is 0 Å². The maximum atomic E-state index is 13.5. The SMILES string of the molecule is C=CC(=O)Nc1cccc(C)c1Cc1ncc2c(n1)N(C)C(=O)N(c1c(Cl)c(OC)cc(OC)c1Cl)C2. The maximum Gasteiger partial charge on any atom is 0.330 e. The number of aryl methyl sites for hydroxylation is 1. The molecule has 11 heteroatoms. The number of carbonyl (C=O) groups is 2. The van der Waals surface area contributed by atoms with Crippen LogP contribution in [0.5, 0.6) is 11.5 Å². The molecule has 0 atom stereocenters. The minimum absolute atomic E-state index is 0.138. The molecular weight excluding hydrogens is 517 g/mol. The summed E-state index contributed by atoms with van der Waals surface area (Å²) in [5, 5.41) is 3.19. The van der Waals surface area contributed by atoms with E-state index in [0.717, 1.165) is 11.1 Å². The fourth-order valence-corrected chi connectivity index (χ4v) is 4.81. The molecule has 0 bridgehead atoms. The average Bonchev–Trinajstić information content (AvgIpc) is 2.89. The second kappa shape index (κ2) is 10.7. The number of fused-ring (bicyclic) bond motifs is 1. The summed E-state index contributed by atoms with van der Waals surface area (Å²) in [7, 11) is 4.55. The zero-order chi connectivity index (χ0) is 26.9. The van der Waals surface area contributed by atoms with Crippen LogP contribution in [0.1, 0.15) is 22.5 Å². The van der Waals surface area contributed by atoms with Gasteiger partial charge < -0.3 is 14.8 Å². The summed E-state index contributed by atoms with van der Waals surface area (Å²) in [5.41, 5.74) is 3.46. The Morgan fingerprint density at radius 1 is 1.22 bits per heavy atom. The first-order chi connectivity index (χ1) is 17.7. The van der Waals surface area contributed by atoms with Crippen LogP contribution in [0.15, 0.2) is 43.1 Å². The van der Waals surface area contributed by atoms with Gasteiger partial charge in [-0.3, -0.25) is 14.6 Å². The van der Waals surface area contributed by atoms with Gasteiger partial charge in [-0.05, 0) is 30.2 Å². The van der Waals surface area contributed by atoms with E-state index in [4.69, 9.17) is 32.7 Å². The number of hydrogen-bond acceptors (Lipinski definition) is 6. The van der Waals surface area contributed by atoms with Gasteiger partial charge in [0.2, 0.25) is 5.91 Å². The normalized spacial score (nSPS) is 12.8. The van der Waals surface area contributed by atoms with E-state index in [1.807, 2.05) is 25.1 Å². The van der Waals surface area contributed by atoms with Gasteiger partial charge in [-0.25, -0.2) is 14.8 Å². The molecule has 192 valence electrons. The third kappa shape index (κ3) is 4.92. The van der Waals surface area contributed by atoms with Crippen molar-refractivity contribution in [2.24, 2.45) is 0 Å². The molecule has 2 heterocycles. The molecule has 0 aliphatic carbocycles. The summed E-state index contributed by atoms with van der Waals surface area (Å²) in [6.07, 6.45) is 3.24. The van der Waals surface area contributed by atoms with Gasteiger partial charge in [0.15, 0.2) is 0 Å². The number of nitrogens with zero attached hydrogens (tertiary/aromatic N) is 4. The number of methoxy groups -OCH3 is 2. The minimum atomic E-state index is -0.383. The van der Waals surface area contributed by atoms with E-state index in [1.54, 1.807) is 19.3 Å². The van der Waals surface area contributed by atoms with Crippen molar-refractivity contribution < 1.29 is 19.1 Å². The molecule has 3 aromatic rings. The van der Waals surface area contributed by atoms with Crippen LogP contribution in [0, 0.1) is 6.92 Å². The molecule has 3 amide bonds. The number of halogens is 2. The van der Waals surface area contributed by atoms with Crippen LogP contribution in [-0.2, 0) is 17.8 Å². The topological polar surface area (TPSA) is 96.9 Å². The van der Waals surface area contributed by atoms with Gasteiger partial charge in [-0.2, -0.15) is 0 Å². The summed E-state index contributed by atoms with van der Waals surface area (Å²) in [6, 6.07) is 6.79. The van der Waals surface area contributed by atoms with E-state index in [2.05, 4.69) is 21.9 Å². The number of nitrogens with one attached hydrogen (secondary N) is 1. The quantitative estimate of drug-likeness (QED) is 0.402. The van der Waals surface area contributed by atoms with Gasteiger partial charge >= 0.3 is 6.03 Å². The number of aromatic nitrogens is 2. The smallest absolute Gasteiger partial charge is 0.330 e. The number of anilines is 3. The summed E-state index contributed by atoms with van der Waals surface area (Å²) in [5.74, 6) is 1.30. The van der Waals surface area contributed by atoms with Crippen molar-refractivity contribution in [3.05, 3.63) is 75.7 Å². The van der Waals surface area contributed by atoms with Crippen LogP contribution in [0.4, 0.5) is 22.0 Å². The number of rotatable bonds is 7. The van der Waals surface area contributed by atoms with Crippen molar-refractivity contribution in [3.63, 3.8) is 0 Å². The van der Waals surface area contributed by atoms with Crippen LogP contribution < -0.4 is 24.6 Å². The highest BCUT2D eigenvalue weighted by Crippen LogP contribution is 2.47. The molecule has 0 fully saturated rings. The molecule has 0 radical (unpaired) electrons. The zero-order valence-electron chi connectivity index (χ0n) is 20.8. The van der Waals surface area contributed by atoms with Gasteiger partial charge in [0.25, 0.3) is 0 Å². The van der Waals surface area contributed by atoms with E-state index < -0.39 is 0 Å². The Balaban J connectivity index is 1.70. The number of amides is 3. The molecule has 0 spiro atoms. The lowest BCUT2D eigenvalue weighted by atomic mass is 10.0. The fourth-order valence-electron chi connectivity index (χ4n) is 4.11. The maximum absolute atomic E-state index is 13.5. The van der Waals surface area contributed by atoms with Crippen LogP contribution in [0.2, 0.25) is 10.0 Å². The Morgan fingerprint density at radius 3 is 2.51 bits per heavy atom. The lowest BCUT2D eigenvalue weighted by Gasteiger charge is -2.35. The van der Waals surface area contributed by atoms with Crippen molar-refractivity contribution in [1.82, 2.24) is 9.97 Å². The first-order valence-electron chi connectivity index (χ1n) is 11.2. The summed E-state index contributed by atoms with van der Waals surface area (Å²) >= 11 is 13.1. The Labute approximate surface area is 224 Å². The van der Waals surface area contributed by atoms with Crippen LogP contribution in [-0.4, -0.2) is 43.2 Å². The summed E-state index contributed by atoms with van der Waals surface area (Å²) < 4.78 is 10.7. The first-order valence-corrected chi connectivity index (χ1v) is 12.0. The van der Waals surface area contributed by atoms with Gasteiger partial charge in [0.1, 0.15) is 33.2 Å². The standard InChI is InChI=1S/C26H25Cl2N5O4/c1-6-21(34)30-17-9-7-8-14(2)16(17)10-20-29-12-15-13-33(26(35)32(3)25(15)31-20)24-22(27)18(36-4)11-19(37-5)23(24)28/h6-9,11-12H,1,10,13H2,2-5H3,(H,30,34). The predicted octanol–water partition coefficient (Wildman–Crippen LogP) is 5.40. The summed E-state index contributed by atoms with van der Waals surface area (Å²) in [4.78, 5) is 37.4. The molecule has 1 aliphatic heterocycles. The monoisotopic (exact) mass is 541 g/mol. The number of benzene rings is 2. The van der Waals surface area contributed by atoms with Gasteiger partial charge in [-0.15, -0.1) is 0 Å². The molecule has 37 heavy (non-hydrogen) atoms. The lowest BCUT2D eigenvalue weighted by molar-refractivity contribution is -0.111. The fraction of sp³-hybridized carbons (Fsp3) is 0.231. The molecule has 0 saturated heterocycles. The molecule has 1 aromatic heterocycles. The van der Waals surface area contributed by atoms with Crippen molar-refractivity contribution in [2.75, 3.05) is 36.4 Å². The van der Waals surface area contributed by atoms with Crippen molar-refractivity contribution in [2.45, 2.75) is 19.9 Å². The second-order valence-electron chi connectivity index (χ2n) is 8.29. The molecular formula is C26H25Cl2N5O4. The third-order valence-electron chi connectivity index (χ3n) is 6.06. The molecule has 0 unspecified atom stereocenters. The Bertz CT molecular complexity index is 1380. The van der Waals surface area contributed by atoms with Crippen LogP contribution >= 0.6 is 23.2 Å². The third-order valence-corrected chi connectivity index (χ3v) is 6.79. The molecule has 1 N–H and O–H groups in total. The van der Waals surface area contributed by atoms with E-state index in [0.29, 0.717) is 40.8 Å². The number of ether oxygens (including phenoxy) is 2. The van der Waals surface area contributed by atoms with E-state index in [9.17, 15) is 9.59 Å². The number of hydrogen-bond donors (Lipinski definition) is 1. The lowest BCUT2D eigenvalue weighted by Crippen LogP contribution is -2.46. The van der Waals surface area contributed by atoms with E-state index in [-0.39, 0.29) is 34.2 Å². The first kappa shape index (κ1) is 26.2. The van der Waals surface area contributed by atoms with Crippen molar-refractivity contribution >= 4 is 52.3 Å². The highest BCUT2D eigenvalue weighted by Gasteiger charge is 2.35. The van der Waals surface area contributed by atoms with E-state index in [1.165, 1.54) is 30.1 Å². The van der Waals surface area contributed by atoms with Gasteiger partial charge in [-0.1, -0.05) is 41.9 Å². The summed E-state index contributed by atoms with van der Waals surface area (Å²) in [6.45, 7) is 5.59. The Hall–Kier alpha value is -3.82. The molecule has 2 aromatic carbocycles. The number of urea groups is 1. The molecule has 4 rings (SSSR count). The van der Waals surface area contributed by atoms with Crippen LogP contribution in [0.25, 0.3) is 0 Å². The Kier molecular flexibility index (Phi) is 7.56. The van der Waals surface area contributed by atoms with Gasteiger partial charge in [0, 0.05) is 37.0 Å². The predicted molar refractivity (Wildman–Crippen MR) is 144 cm³/mol. The number of carbonyl (C=O) groups excluding carboxylic acids is 2. The highest BCUT2D eigenvalue weighted by atomic mass is 35.5. The zero-order valence-corrected chi connectivity index (χ0v) is 22.3. The molecule has 0 saturated carbocycles. The minimum Gasteiger partial charge on any atom is -0.495 e. The van der Waals surface area contributed by atoms with Gasteiger partial charge in [0.05, 0.1) is 26.5 Å². The van der Waals surface area contributed by atoms with Crippen molar-refractivity contribution in [3.8, 4) is 11.5 Å². The highest BCUT2D eigenvalue weighted by molar-refractivity contribution is 6.42. The Morgan fingerprint density at radius 2 is 1.89 bits per heavy atom.